The minimum atomic E-state index is -0.833. The van der Waals surface area contributed by atoms with E-state index in [1.807, 2.05) is 23.1 Å². The van der Waals surface area contributed by atoms with Crippen LogP contribution in [-0.2, 0) is 16.0 Å². The van der Waals surface area contributed by atoms with E-state index >= 15 is 0 Å². The minimum absolute atomic E-state index is 0.205. The fourth-order valence-electron chi connectivity index (χ4n) is 2.59. The summed E-state index contributed by atoms with van der Waals surface area (Å²) in [4.78, 5) is 13.3. The molecule has 0 radical (unpaired) electrons. The van der Waals surface area contributed by atoms with Crippen LogP contribution in [-0.4, -0.2) is 37.4 Å². The van der Waals surface area contributed by atoms with E-state index in [0.29, 0.717) is 5.92 Å². The van der Waals surface area contributed by atoms with Crippen LogP contribution in [0, 0.1) is 5.92 Å². The van der Waals surface area contributed by atoms with E-state index in [1.54, 1.807) is 0 Å². The van der Waals surface area contributed by atoms with E-state index < -0.39 is 12.0 Å². The lowest BCUT2D eigenvalue weighted by molar-refractivity contribution is -0.139. The maximum Gasteiger partial charge on any atom is 0.328 e. The van der Waals surface area contributed by atoms with Crippen LogP contribution in [0.3, 0.4) is 0 Å². The summed E-state index contributed by atoms with van der Waals surface area (Å²) in [6, 6.07) is 7.41. The van der Waals surface area contributed by atoms with Gasteiger partial charge in [-0.1, -0.05) is 25.1 Å². The second kappa shape index (κ2) is 5.40. The van der Waals surface area contributed by atoms with E-state index in [1.165, 1.54) is 12.7 Å². The van der Waals surface area contributed by atoms with Crippen molar-refractivity contribution in [1.82, 2.24) is 0 Å². The first-order valence-electron chi connectivity index (χ1n) is 6.19. The predicted molar refractivity (Wildman–Crippen MR) is 70.0 cm³/mol. The number of anilines is 1. The number of carboxylic acids is 1. The Kier molecular flexibility index (Phi) is 3.87. The van der Waals surface area contributed by atoms with Crippen LogP contribution in [0.5, 0.6) is 0 Å². The van der Waals surface area contributed by atoms with Gasteiger partial charge in [0.1, 0.15) is 0 Å². The Bertz CT molecular complexity index is 433. The second-order valence-electron chi connectivity index (χ2n) is 4.90. The highest BCUT2D eigenvalue weighted by Gasteiger charge is 2.31. The van der Waals surface area contributed by atoms with E-state index in [2.05, 4.69) is 13.0 Å². The Balaban J connectivity index is 2.34. The molecule has 1 aliphatic heterocycles. The van der Waals surface area contributed by atoms with Gasteiger partial charge in [0.05, 0.1) is 6.61 Å². The molecule has 1 aromatic rings. The van der Waals surface area contributed by atoms with E-state index in [-0.39, 0.29) is 6.61 Å². The third kappa shape index (κ3) is 2.48. The van der Waals surface area contributed by atoms with Gasteiger partial charge in [0.2, 0.25) is 0 Å². The molecule has 4 nitrogen and oxygen atoms in total. The van der Waals surface area contributed by atoms with Crippen LogP contribution in [0.2, 0.25) is 0 Å². The highest BCUT2D eigenvalue weighted by atomic mass is 16.5. The molecule has 0 saturated carbocycles. The first kappa shape index (κ1) is 12.9. The van der Waals surface area contributed by atoms with E-state index in [0.717, 1.165) is 18.7 Å². The van der Waals surface area contributed by atoms with Gasteiger partial charge in [-0.3, -0.25) is 0 Å². The van der Waals surface area contributed by atoms with Gasteiger partial charge in [0, 0.05) is 19.3 Å². The smallest absolute Gasteiger partial charge is 0.328 e. The van der Waals surface area contributed by atoms with Crippen LogP contribution in [0.25, 0.3) is 0 Å². The van der Waals surface area contributed by atoms with Crippen LogP contribution in [0.15, 0.2) is 24.3 Å². The Hall–Kier alpha value is -1.55. The molecule has 0 bridgehead atoms. The average molecular weight is 249 g/mol. The second-order valence-corrected chi connectivity index (χ2v) is 4.90. The summed E-state index contributed by atoms with van der Waals surface area (Å²) in [6.45, 7) is 3.11. The number of hydrogen-bond acceptors (Lipinski definition) is 3. The number of benzene rings is 1. The summed E-state index contributed by atoms with van der Waals surface area (Å²) in [5.74, 6) is -0.376. The SMILES string of the molecule is COCC(C(=O)O)N1CC(C)Cc2ccccc21. The molecule has 98 valence electrons. The molecule has 0 saturated heterocycles. The summed E-state index contributed by atoms with van der Waals surface area (Å²) < 4.78 is 5.05. The fraction of sp³-hybridized carbons (Fsp3) is 0.500. The summed E-state index contributed by atoms with van der Waals surface area (Å²) in [6.07, 6.45) is 1.01. The number of para-hydroxylation sites is 1. The third-order valence-electron chi connectivity index (χ3n) is 3.36. The summed E-state index contributed by atoms with van der Waals surface area (Å²) >= 11 is 0. The zero-order chi connectivity index (χ0) is 13.1. The maximum absolute atomic E-state index is 11.4. The van der Waals surface area contributed by atoms with Gasteiger partial charge in [0.25, 0.3) is 0 Å². The number of nitrogens with zero attached hydrogens (tertiary/aromatic N) is 1. The number of rotatable bonds is 4. The molecule has 0 spiro atoms. The molecule has 1 aliphatic rings. The van der Waals surface area contributed by atoms with Crippen LogP contribution in [0.1, 0.15) is 12.5 Å². The molecule has 0 amide bonds. The Labute approximate surface area is 107 Å². The number of hydrogen-bond donors (Lipinski definition) is 1. The first-order chi connectivity index (χ1) is 8.63. The van der Waals surface area contributed by atoms with E-state index in [9.17, 15) is 9.90 Å². The molecule has 1 N–H and O–H groups in total. The number of methoxy groups -OCH3 is 1. The summed E-state index contributed by atoms with van der Waals surface area (Å²) in [7, 11) is 1.54. The zero-order valence-corrected chi connectivity index (χ0v) is 10.8. The lowest BCUT2D eigenvalue weighted by Crippen LogP contribution is -2.48. The maximum atomic E-state index is 11.4. The van der Waals surface area contributed by atoms with Crippen LogP contribution in [0.4, 0.5) is 5.69 Å². The van der Waals surface area contributed by atoms with Crippen LogP contribution < -0.4 is 4.90 Å². The minimum Gasteiger partial charge on any atom is -0.480 e. The number of aliphatic carboxylic acids is 1. The van der Waals surface area contributed by atoms with Crippen molar-refractivity contribution in [2.45, 2.75) is 19.4 Å². The number of ether oxygens (including phenoxy) is 1. The molecule has 1 heterocycles. The van der Waals surface area contributed by atoms with Gasteiger partial charge in [-0.05, 0) is 24.0 Å². The zero-order valence-electron chi connectivity index (χ0n) is 10.8. The van der Waals surface area contributed by atoms with Crippen molar-refractivity contribution in [2.24, 2.45) is 5.92 Å². The molecule has 4 heteroatoms. The average Bonchev–Trinajstić information content (AvgIpc) is 2.34. The largest absolute Gasteiger partial charge is 0.480 e. The fourth-order valence-corrected chi connectivity index (χ4v) is 2.59. The van der Waals surface area contributed by atoms with Gasteiger partial charge in [-0.25, -0.2) is 4.79 Å². The van der Waals surface area contributed by atoms with Gasteiger partial charge >= 0.3 is 5.97 Å². The van der Waals surface area contributed by atoms with E-state index in [4.69, 9.17) is 4.74 Å². The number of carboxylic acid groups (broad SMARTS) is 1. The van der Waals surface area contributed by atoms with Crippen molar-refractivity contribution in [1.29, 1.82) is 0 Å². The highest BCUT2D eigenvalue weighted by Crippen LogP contribution is 2.31. The molecule has 2 rings (SSSR count). The highest BCUT2D eigenvalue weighted by molar-refractivity contribution is 5.79. The lowest BCUT2D eigenvalue weighted by atomic mass is 9.93. The molecule has 0 aliphatic carbocycles. The molecule has 0 aromatic heterocycles. The molecule has 1 aromatic carbocycles. The summed E-state index contributed by atoms with van der Waals surface area (Å²) in [5, 5.41) is 9.35. The van der Waals surface area contributed by atoms with Gasteiger partial charge in [-0.2, -0.15) is 0 Å². The molecule has 2 atom stereocenters. The normalized spacial score (nSPS) is 20.3. The van der Waals surface area contributed by atoms with Crippen molar-refractivity contribution in [3.05, 3.63) is 29.8 Å². The Morgan fingerprint density at radius 2 is 2.28 bits per heavy atom. The Morgan fingerprint density at radius 1 is 1.56 bits per heavy atom. The molecule has 18 heavy (non-hydrogen) atoms. The van der Waals surface area contributed by atoms with Gasteiger partial charge < -0.3 is 14.7 Å². The molecular formula is C14H19NO3. The van der Waals surface area contributed by atoms with Crippen molar-refractivity contribution < 1.29 is 14.6 Å². The quantitative estimate of drug-likeness (QED) is 0.883. The number of fused-ring (bicyclic) bond motifs is 1. The van der Waals surface area contributed by atoms with Crippen LogP contribution >= 0.6 is 0 Å². The monoisotopic (exact) mass is 249 g/mol. The predicted octanol–water partition coefficient (Wildman–Crippen LogP) is 1.78. The van der Waals surface area contributed by atoms with Gasteiger partial charge in [-0.15, -0.1) is 0 Å². The van der Waals surface area contributed by atoms with Crippen molar-refractivity contribution >= 4 is 11.7 Å². The standard InChI is InChI=1S/C14H19NO3/c1-10-7-11-5-3-4-6-12(11)15(8-10)13(9-18-2)14(16)17/h3-6,10,13H,7-9H2,1-2H3,(H,16,17). The lowest BCUT2D eigenvalue weighted by Gasteiger charge is -2.38. The third-order valence-corrected chi connectivity index (χ3v) is 3.36. The molecule has 0 fully saturated rings. The molecular weight excluding hydrogens is 230 g/mol. The van der Waals surface area contributed by atoms with Gasteiger partial charge in [0.15, 0.2) is 6.04 Å². The number of carbonyl (C=O) groups is 1. The van der Waals surface area contributed by atoms with Crippen molar-refractivity contribution in [3.63, 3.8) is 0 Å². The first-order valence-corrected chi connectivity index (χ1v) is 6.19. The Morgan fingerprint density at radius 3 is 2.94 bits per heavy atom. The van der Waals surface area contributed by atoms with Crippen molar-refractivity contribution in [3.8, 4) is 0 Å². The topological polar surface area (TPSA) is 49.8 Å². The van der Waals surface area contributed by atoms with Crippen molar-refractivity contribution in [2.75, 3.05) is 25.2 Å². The summed E-state index contributed by atoms with van der Waals surface area (Å²) in [5.41, 5.74) is 2.25. The molecule has 2 unspecified atom stereocenters.